The molecule has 0 aromatic heterocycles. The third kappa shape index (κ3) is 7.07. The lowest BCUT2D eigenvalue weighted by molar-refractivity contribution is -0.120. The zero-order valence-electron chi connectivity index (χ0n) is 14.0. The van der Waals surface area contributed by atoms with Crippen molar-refractivity contribution >= 4 is 46.2 Å². The summed E-state index contributed by atoms with van der Waals surface area (Å²) in [5, 5.41) is 5.47. The lowest BCUT2D eigenvalue weighted by Crippen LogP contribution is -2.38. The molecule has 2 amide bonds. The van der Waals surface area contributed by atoms with Crippen LogP contribution in [0, 0.1) is 10.5 Å². The van der Waals surface area contributed by atoms with Crippen molar-refractivity contribution in [2.24, 2.45) is 0 Å². The van der Waals surface area contributed by atoms with Gasteiger partial charge in [0.1, 0.15) is 0 Å². The molecule has 132 valence electrons. The quantitative estimate of drug-likeness (QED) is 0.462. The van der Waals surface area contributed by atoms with Gasteiger partial charge < -0.3 is 10.6 Å². The van der Waals surface area contributed by atoms with E-state index in [1.165, 1.54) is 11.1 Å². The molecule has 0 heterocycles. The van der Waals surface area contributed by atoms with Crippen molar-refractivity contribution in [2.45, 2.75) is 12.7 Å². The second kappa shape index (κ2) is 10.5. The molecule has 0 aliphatic heterocycles. The standard InChI is InChI=1S/C19H21IN2O2S/c1-14-6-8-15(9-7-14)13-25-11-10-21-18(23)12-22-19(24)16-4-2-3-5-17(16)20/h2-9H,10-13H2,1H3,(H,21,23)(H,22,24). The number of aryl methyl sites for hydroxylation is 1. The monoisotopic (exact) mass is 468 g/mol. The molecule has 2 N–H and O–H groups in total. The van der Waals surface area contributed by atoms with Gasteiger partial charge in [0.2, 0.25) is 5.91 Å². The first-order chi connectivity index (χ1) is 12.1. The number of carbonyl (C=O) groups excluding carboxylic acids is 2. The number of rotatable bonds is 8. The Morgan fingerprint density at radius 1 is 1.04 bits per heavy atom. The predicted octanol–water partition coefficient (Wildman–Crippen LogP) is 3.38. The van der Waals surface area contributed by atoms with Gasteiger partial charge in [0.15, 0.2) is 0 Å². The van der Waals surface area contributed by atoms with Crippen molar-refractivity contribution in [3.8, 4) is 0 Å². The van der Waals surface area contributed by atoms with E-state index in [1.54, 1.807) is 17.8 Å². The molecule has 0 saturated heterocycles. The molecule has 0 unspecified atom stereocenters. The zero-order valence-corrected chi connectivity index (χ0v) is 17.0. The van der Waals surface area contributed by atoms with Crippen LogP contribution in [0.15, 0.2) is 48.5 Å². The average molecular weight is 468 g/mol. The molecule has 0 atom stereocenters. The highest BCUT2D eigenvalue weighted by Gasteiger charge is 2.10. The molecule has 2 rings (SSSR count). The van der Waals surface area contributed by atoms with Gasteiger partial charge in [-0.05, 0) is 47.2 Å². The summed E-state index contributed by atoms with van der Waals surface area (Å²) < 4.78 is 0.866. The number of nitrogens with one attached hydrogen (secondary N) is 2. The Bertz CT molecular complexity index is 720. The highest BCUT2D eigenvalue weighted by atomic mass is 127. The molecule has 2 aromatic carbocycles. The topological polar surface area (TPSA) is 58.2 Å². The van der Waals surface area contributed by atoms with Crippen molar-refractivity contribution in [1.82, 2.24) is 10.6 Å². The second-order valence-electron chi connectivity index (χ2n) is 5.55. The maximum Gasteiger partial charge on any atom is 0.252 e. The van der Waals surface area contributed by atoms with Crippen LogP contribution in [-0.4, -0.2) is 30.7 Å². The van der Waals surface area contributed by atoms with Crippen LogP contribution in [-0.2, 0) is 10.5 Å². The van der Waals surface area contributed by atoms with E-state index in [0.29, 0.717) is 12.1 Å². The number of halogens is 1. The Morgan fingerprint density at radius 3 is 2.48 bits per heavy atom. The first-order valence-corrected chi connectivity index (χ1v) is 10.2. The molecule has 0 aliphatic carbocycles. The zero-order chi connectivity index (χ0) is 18.1. The average Bonchev–Trinajstić information content (AvgIpc) is 2.61. The van der Waals surface area contributed by atoms with Crippen molar-refractivity contribution in [1.29, 1.82) is 0 Å². The summed E-state index contributed by atoms with van der Waals surface area (Å²) in [4.78, 5) is 23.8. The summed E-state index contributed by atoms with van der Waals surface area (Å²) in [5.74, 6) is 1.37. The lowest BCUT2D eigenvalue weighted by Gasteiger charge is -2.08. The van der Waals surface area contributed by atoms with Gasteiger partial charge in [-0.25, -0.2) is 0 Å². The maximum absolute atomic E-state index is 12.0. The van der Waals surface area contributed by atoms with E-state index in [9.17, 15) is 9.59 Å². The fourth-order valence-corrected chi connectivity index (χ4v) is 3.55. The predicted molar refractivity (Wildman–Crippen MR) is 112 cm³/mol. The Balaban J connectivity index is 1.60. The van der Waals surface area contributed by atoms with Gasteiger partial charge in [-0.3, -0.25) is 9.59 Å². The van der Waals surface area contributed by atoms with Crippen LogP contribution in [0.3, 0.4) is 0 Å². The van der Waals surface area contributed by atoms with E-state index in [0.717, 1.165) is 15.1 Å². The maximum atomic E-state index is 12.0. The summed E-state index contributed by atoms with van der Waals surface area (Å²) >= 11 is 3.88. The Labute approximate surface area is 166 Å². The van der Waals surface area contributed by atoms with Crippen LogP contribution in [0.4, 0.5) is 0 Å². The number of hydrogen-bond acceptors (Lipinski definition) is 3. The van der Waals surface area contributed by atoms with Gasteiger partial charge >= 0.3 is 0 Å². The van der Waals surface area contributed by atoms with Gasteiger partial charge in [0.05, 0.1) is 12.1 Å². The van der Waals surface area contributed by atoms with Gasteiger partial charge in [-0.1, -0.05) is 42.0 Å². The molecule has 0 saturated carbocycles. The smallest absolute Gasteiger partial charge is 0.252 e. The Kier molecular flexibility index (Phi) is 8.27. The third-order valence-corrected chi connectivity index (χ3v) is 5.46. The molecular weight excluding hydrogens is 447 g/mol. The van der Waals surface area contributed by atoms with Crippen LogP contribution >= 0.6 is 34.4 Å². The first-order valence-electron chi connectivity index (χ1n) is 7.99. The summed E-state index contributed by atoms with van der Waals surface area (Å²) in [6, 6.07) is 15.8. The van der Waals surface area contributed by atoms with Crippen molar-refractivity contribution in [3.63, 3.8) is 0 Å². The number of amides is 2. The van der Waals surface area contributed by atoms with E-state index in [-0.39, 0.29) is 18.4 Å². The molecular formula is C19H21IN2O2S. The minimum atomic E-state index is -0.228. The molecule has 25 heavy (non-hydrogen) atoms. The molecule has 0 fully saturated rings. The number of carbonyl (C=O) groups is 2. The van der Waals surface area contributed by atoms with Crippen LogP contribution in [0.5, 0.6) is 0 Å². The molecule has 4 nitrogen and oxygen atoms in total. The second-order valence-corrected chi connectivity index (χ2v) is 7.82. The van der Waals surface area contributed by atoms with E-state index in [1.807, 2.05) is 18.2 Å². The van der Waals surface area contributed by atoms with Gasteiger partial charge in [-0.15, -0.1) is 0 Å². The number of hydrogen-bond donors (Lipinski definition) is 2. The number of benzene rings is 2. The third-order valence-electron chi connectivity index (χ3n) is 3.49. The number of thioether (sulfide) groups is 1. The Morgan fingerprint density at radius 2 is 1.76 bits per heavy atom. The summed E-state index contributed by atoms with van der Waals surface area (Å²) in [6.07, 6.45) is 0. The van der Waals surface area contributed by atoms with E-state index >= 15 is 0 Å². The van der Waals surface area contributed by atoms with E-state index in [4.69, 9.17) is 0 Å². The van der Waals surface area contributed by atoms with Crippen molar-refractivity contribution in [2.75, 3.05) is 18.8 Å². The highest BCUT2D eigenvalue weighted by molar-refractivity contribution is 14.1. The van der Waals surface area contributed by atoms with Crippen molar-refractivity contribution in [3.05, 3.63) is 68.8 Å². The fraction of sp³-hybridized carbons (Fsp3) is 0.263. The molecule has 0 bridgehead atoms. The van der Waals surface area contributed by atoms with Crippen molar-refractivity contribution < 1.29 is 9.59 Å². The molecule has 0 radical (unpaired) electrons. The van der Waals surface area contributed by atoms with Crippen LogP contribution in [0.25, 0.3) is 0 Å². The van der Waals surface area contributed by atoms with E-state index < -0.39 is 0 Å². The summed E-state index contributed by atoms with van der Waals surface area (Å²) in [5.41, 5.74) is 3.13. The molecule has 6 heteroatoms. The van der Waals surface area contributed by atoms with Gasteiger partial charge in [0, 0.05) is 21.6 Å². The summed E-state index contributed by atoms with van der Waals surface area (Å²) in [7, 11) is 0. The minimum Gasteiger partial charge on any atom is -0.354 e. The van der Waals surface area contributed by atoms with Gasteiger partial charge in [-0.2, -0.15) is 11.8 Å². The van der Waals surface area contributed by atoms with E-state index in [2.05, 4.69) is 64.4 Å². The van der Waals surface area contributed by atoms with Crippen LogP contribution in [0.2, 0.25) is 0 Å². The summed E-state index contributed by atoms with van der Waals surface area (Å²) in [6.45, 7) is 2.66. The SMILES string of the molecule is Cc1ccc(CSCCNC(=O)CNC(=O)c2ccccc2I)cc1. The highest BCUT2D eigenvalue weighted by Crippen LogP contribution is 2.12. The van der Waals surface area contributed by atoms with Crippen LogP contribution < -0.4 is 10.6 Å². The van der Waals surface area contributed by atoms with Crippen LogP contribution in [0.1, 0.15) is 21.5 Å². The Hall–Kier alpha value is -1.54. The van der Waals surface area contributed by atoms with Gasteiger partial charge in [0.25, 0.3) is 5.91 Å². The molecule has 0 spiro atoms. The molecule has 2 aromatic rings. The normalized spacial score (nSPS) is 10.3. The fourth-order valence-electron chi connectivity index (χ4n) is 2.10. The lowest BCUT2D eigenvalue weighted by atomic mass is 10.2. The minimum absolute atomic E-state index is 0.00750. The largest absolute Gasteiger partial charge is 0.354 e. The first kappa shape index (κ1) is 19.8. The molecule has 0 aliphatic rings.